The van der Waals surface area contributed by atoms with Gasteiger partial charge in [-0.1, -0.05) is 22.0 Å². The number of hydrogen-bond acceptors (Lipinski definition) is 2. The molecule has 0 fully saturated rings. The first kappa shape index (κ1) is 12.8. The van der Waals surface area contributed by atoms with Gasteiger partial charge in [0, 0.05) is 16.5 Å². The van der Waals surface area contributed by atoms with E-state index in [0.717, 1.165) is 21.3 Å². The molecule has 0 radical (unpaired) electrons. The summed E-state index contributed by atoms with van der Waals surface area (Å²) < 4.78 is 1.00. The van der Waals surface area contributed by atoms with Crippen molar-refractivity contribution < 1.29 is 9.90 Å². The highest BCUT2D eigenvalue weighted by Crippen LogP contribution is 2.25. The van der Waals surface area contributed by atoms with Crippen LogP contribution in [0, 0.1) is 6.92 Å². The van der Waals surface area contributed by atoms with Crippen molar-refractivity contribution in [3.05, 3.63) is 40.3 Å². The van der Waals surface area contributed by atoms with Gasteiger partial charge in [-0.2, -0.15) is 0 Å². The standard InChI is InChI=1S/C13H13BrN2O2/c1-8-2-3-9(14)6-10(8)11-7-15-12(16-11)4-5-13(17)18/h2-3,6-7H,4-5H2,1H3,(H,15,16)(H,17,18). The molecule has 1 aromatic heterocycles. The SMILES string of the molecule is Cc1ccc(Br)cc1-c1cnc(CCC(=O)O)[nH]1. The summed E-state index contributed by atoms with van der Waals surface area (Å²) in [5.74, 6) is -0.113. The van der Waals surface area contributed by atoms with Crippen LogP contribution in [0.1, 0.15) is 17.8 Å². The molecule has 94 valence electrons. The first-order valence-electron chi connectivity index (χ1n) is 5.58. The third-order valence-electron chi connectivity index (χ3n) is 2.69. The number of carboxylic acid groups (broad SMARTS) is 1. The number of carboxylic acids is 1. The number of aromatic nitrogens is 2. The summed E-state index contributed by atoms with van der Waals surface area (Å²) in [6.45, 7) is 2.03. The normalized spacial score (nSPS) is 10.6. The predicted molar refractivity (Wildman–Crippen MR) is 72.4 cm³/mol. The molecule has 1 heterocycles. The molecule has 0 unspecified atom stereocenters. The number of nitrogens with zero attached hydrogens (tertiary/aromatic N) is 1. The van der Waals surface area contributed by atoms with Crippen LogP contribution >= 0.6 is 15.9 Å². The monoisotopic (exact) mass is 308 g/mol. The maximum Gasteiger partial charge on any atom is 0.303 e. The molecule has 0 saturated carbocycles. The van der Waals surface area contributed by atoms with E-state index in [4.69, 9.17) is 5.11 Å². The van der Waals surface area contributed by atoms with Gasteiger partial charge in [-0.3, -0.25) is 4.79 Å². The largest absolute Gasteiger partial charge is 0.481 e. The second kappa shape index (κ2) is 5.35. The number of halogens is 1. The van der Waals surface area contributed by atoms with Crippen LogP contribution in [-0.2, 0) is 11.2 Å². The van der Waals surface area contributed by atoms with Gasteiger partial charge in [0.05, 0.1) is 18.3 Å². The molecule has 1 aromatic carbocycles. The summed E-state index contributed by atoms with van der Waals surface area (Å²) in [5, 5.41) is 8.63. The highest BCUT2D eigenvalue weighted by atomic mass is 79.9. The zero-order chi connectivity index (χ0) is 13.1. The van der Waals surface area contributed by atoms with Gasteiger partial charge in [0.2, 0.25) is 0 Å². The van der Waals surface area contributed by atoms with E-state index < -0.39 is 5.97 Å². The number of nitrogens with one attached hydrogen (secondary N) is 1. The van der Waals surface area contributed by atoms with E-state index in [9.17, 15) is 4.79 Å². The van der Waals surface area contributed by atoms with Gasteiger partial charge >= 0.3 is 5.97 Å². The number of aliphatic carboxylic acids is 1. The third kappa shape index (κ3) is 2.98. The molecule has 2 N–H and O–H groups in total. The molecule has 5 heteroatoms. The Morgan fingerprint density at radius 2 is 2.28 bits per heavy atom. The first-order valence-corrected chi connectivity index (χ1v) is 6.38. The molecule has 0 aliphatic rings. The van der Waals surface area contributed by atoms with E-state index in [1.807, 2.05) is 25.1 Å². The number of imidazole rings is 1. The quantitative estimate of drug-likeness (QED) is 0.911. The van der Waals surface area contributed by atoms with E-state index in [-0.39, 0.29) is 6.42 Å². The molecule has 0 atom stereocenters. The van der Waals surface area contributed by atoms with Crippen LogP contribution in [0.5, 0.6) is 0 Å². The van der Waals surface area contributed by atoms with Gasteiger partial charge in [0.25, 0.3) is 0 Å². The topological polar surface area (TPSA) is 66.0 Å². The average Bonchev–Trinajstić information content (AvgIpc) is 2.78. The number of rotatable bonds is 4. The van der Waals surface area contributed by atoms with Crippen molar-refractivity contribution in [3.8, 4) is 11.3 Å². The highest BCUT2D eigenvalue weighted by molar-refractivity contribution is 9.10. The summed E-state index contributed by atoms with van der Waals surface area (Å²) in [5.41, 5.74) is 3.12. The fourth-order valence-electron chi connectivity index (χ4n) is 1.74. The molecule has 0 saturated heterocycles. The number of H-pyrrole nitrogens is 1. The fraction of sp³-hybridized carbons (Fsp3) is 0.231. The summed E-state index contributed by atoms with van der Waals surface area (Å²) in [6, 6.07) is 6.03. The molecule has 2 aromatic rings. The fourth-order valence-corrected chi connectivity index (χ4v) is 2.10. The second-order valence-corrected chi connectivity index (χ2v) is 5.01. The van der Waals surface area contributed by atoms with Crippen LogP contribution in [0.15, 0.2) is 28.9 Å². The minimum atomic E-state index is -0.813. The molecule has 0 amide bonds. The first-order chi connectivity index (χ1) is 8.56. The van der Waals surface area contributed by atoms with Crippen molar-refractivity contribution in [2.75, 3.05) is 0 Å². The maximum absolute atomic E-state index is 10.5. The number of carbonyl (C=O) groups is 1. The summed E-state index contributed by atoms with van der Waals surface area (Å²) in [4.78, 5) is 17.9. The zero-order valence-corrected chi connectivity index (χ0v) is 11.5. The lowest BCUT2D eigenvalue weighted by Crippen LogP contribution is -1.98. The van der Waals surface area contributed by atoms with Gasteiger partial charge in [0.15, 0.2) is 0 Å². The third-order valence-corrected chi connectivity index (χ3v) is 3.19. The van der Waals surface area contributed by atoms with Crippen molar-refractivity contribution in [2.24, 2.45) is 0 Å². The Hall–Kier alpha value is -1.62. The van der Waals surface area contributed by atoms with Crippen LogP contribution in [0.3, 0.4) is 0 Å². The van der Waals surface area contributed by atoms with Gasteiger partial charge in [-0.15, -0.1) is 0 Å². The number of aromatic amines is 1. The van der Waals surface area contributed by atoms with E-state index in [1.165, 1.54) is 0 Å². The Labute approximate surface area is 113 Å². The van der Waals surface area contributed by atoms with E-state index >= 15 is 0 Å². The van der Waals surface area contributed by atoms with E-state index in [1.54, 1.807) is 6.20 Å². The highest BCUT2D eigenvalue weighted by Gasteiger charge is 2.07. The molecular weight excluding hydrogens is 296 g/mol. The van der Waals surface area contributed by atoms with Crippen molar-refractivity contribution in [3.63, 3.8) is 0 Å². The van der Waals surface area contributed by atoms with Crippen molar-refractivity contribution in [1.82, 2.24) is 9.97 Å². The lowest BCUT2D eigenvalue weighted by molar-refractivity contribution is -0.137. The Balaban J connectivity index is 2.23. The number of benzene rings is 1. The molecule has 0 bridgehead atoms. The van der Waals surface area contributed by atoms with Crippen LogP contribution in [0.4, 0.5) is 0 Å². The van der Waals surface area contributed by atoms with Gasteiger partial charge < -0.3 is 10.1 Å². The Kier molecular flexibility index (Phi) is 3.81. The van der Waals surface area contributed by atoms with Crippen molar-refractivity contribution in [1.29, 1.82) is 0 Å². The molecule has 18 heavy (non-hydrogen) atoms. The van der Waals surface area contributed by atoms with E-state index in [0.29, 0.717) is 12.2 Å². The Morgan fingerprint density at radius 3 is 3.00 bits per heavy atom. The van der Waals surface area contributed by atoms with E-state index in [2.05, 4.69) is 25.9 Å². The number of aryl methyl sites for hydroxylation is 2. The van der Waals surface area contributed by atoms with Crippen molar-refractivity contribution >= 4 is 21.9 Å². The van der Waals surface area contributed by atoms with Crippen LogP contribution in [0.2, 0.25) is 0 Å². The average molecular weight is 309 g/mol. The van der Waals surface area contributed by atoms with Gasteiger partial charge in [-0.05, 0) is 24.6 Å². The van der Waals surface area contributed by atoms with Gasteiger partial charge in [0.1, 0.15) is 5.82 Å². The number of hydrogen-bond donors (Lipinski definition) is 2. The molecular formula is C13H13BrN2O2. The molecule has 0 spiro atoms. The smallest absolute Gasteiger partial charge is 0.303 e. The maximum atomic E-state index is 10.5. The Morgan fingerprint density at radius 1 is 1.50 bits per heavy atom. The summed E-state index contributed by atoms with van der Waals surface area (Å²) >= 11 is 3.44. The zero-order valence-electron chi connectivity index (χ0n) is 9.90. The molecule has 0 aliphatic carbocycles. The lowest BCUT2D eigenvalue weighted by Gasteiger charge is -2.03. The molecule has 0 aliphatic heterocycles. The minimum absolute atomic E-state index is 0.0877. The summed E-state index contributed by atoms with van der Waals surface area (Å²) in [7, 11) is 0. The predicted octanol–water partition coefficient (Wildman–Crippen LogP) is 3.16. The molecule has 2 rings (SSSR count). The Bertz CT molecular complexity index is 578. The lowest BCUT2D eigenvalue weighted by atomic mass is 10.1. The van der Waals surface area contributed by atoms with Crippen LogP contribution < -0.4 is 0 Å². The molecule has 4 nitrogen and oxygen atoms in total. The van der Waals surface area contributed by atoms with Crippen LogP contribution in [0.25, 0.3) is 11.3 Å². The van der Waals surface area contributed by atoms with Crippen LogP contribution in [-0.4, -0.2) is 21.0 Å². The summed E-state index contributed by atoms with van der Waals surface area (Å²) in [6.07, 6.45) is 2.25. The van der Waals surface area contributed by atoms with Crippen molar-refractivity contribution in [2.45, 2.75) is 19.8 Å². The van der Waals surface area contributed by atoms with Gasteiger partial charge in [-0.25, -0.2) is 4.98 Å². The minimum Gasteiger partial charge on any atom is -0.481 e. The second-order valence-electron chi connectivity index (χ2n) is 4.10.